The van der Waals surface area contributed by atoms with Gasteiger partial charge in [0.25, 0.3) is 0 Å². The second-order valence-electron chi connectivity index (χ2n) is 7.27. The lowest BCUT2D eigenvalue weighted by Gasteiger charge is -2.15. The SMILES string of the molecule is Cc1ccc(S(=O)(=O)NC2CCc3nn(CCC(C)C)c(=O)n3CC2)s1. The van der Waals surface area contributed by atoms with Crippen molar-refractivity contribution < 1.29 is 8.42 Å². The van der Waals surface area contributed by atoms with Gasteiger partial charge in [0, 0.05) is 30.4 Å². The molecule has 0 fully saturated rings. The number of hydrogen-bond acceptors (Lipinski definition) is 5. The fraction of sp³-hybridized carbons (Fsp3) is 0.647. The maximum absolute atomic E-state index is 12.5. The van der Waals surface area contributed by atoms with Crippen LogP contribution in [0.3, 0.4) is 0 Å². The molecule has 1 aliphatic heterocycles. The van der Waals surface area contributed by atoms with E-state index >= 15 is 0 Å². The Balaban J connectivity index is 1.68. The van der Waals surface area contributed by atoms with E-state index in [9.17, 15) is 13.2 Å². The summed E-state index contributed by atoms with van der Waals surface area (Å²) in [7, 11) is -3.51. The van der Waals surface area contributed by atoms with Crippen LogP contribution in [0.4, 0.5) is 0 Å². The highest BCUT2D eigenvalue weighted by Gasteiger charge is 2.25. The fourth-order valence-corrected chi connectivity index (χ4v) is 5.71. The minimum absolute atomic E-state index is 0.0851. The highest BCUT2D eigenvalue weighted by atomic mass is 32.2. The normalized spacial score (nSPS) is 18.1. The lowest BCUT2D eigenvalue weighted by molar-refractivity contribution is 0.458. The van der Waals surface area contributed by atoms with Gasteiger partial charge in [-0.05, 0) is 44.2 Å². The first-order chi connectivity index (χ1) is 12.3. The molecule has 0 radical (unpaired) electrons. The Labute approximate surface area is 158 Å². The molecular formula is C17H26N4O3S2. The van der Waals surface area contributed by atoms with Crippen LogP contribution in [-0.4, -0.2) is 28.8 Å². The van der Waals surface area contributed by atoms with Crippen LogP contribution in [0.1, 0.15) is 43.8 Å². The van der Waals surface area contributed by atoms with Gasteiger partial charge in [-0.1, -0.05) is 13.8 Å². The van der Waals surface area contributed by atoms with Crippen LogP contribution in [0, 0.1) is 12.8 Å². The van der Waals surface area contributed by atoms with Gasteiger partial charge in [-0.2, -0.15) is 5.10 Å². The summed E-state index contributed by atoms with van der Waals surface area (Å²) in [6, 6.07) is 3.26. The van der Waals surface area contributed by atoms with Crippen LogP contribution in [0.5, 0.6) is 0 Å². The Bertz CT molecular complexity index is 924. The largest absolute Gasteiger partial charge is 0.345 e. The predicted octanol–water partition coefficient (Wildman–Crippen LogP) is 2.14. The van der Waals surface area contributed by atoms with E-state index in [0.717, 1.165) is 17.1 Å². The second kappa shape index (κ2) is 7.66. The number of nitrogens with zero attached hydrogens (tertiary/aromatic N) is 3. The maximum Gasteiger partial charge on any atom is 0.345 e. The number of rotatable bonds is 6. The summed E-state index contributed by atoms with van der Waals surface area (Å²) in [6.07, 6.45) is 2.75. The third-order valence-corrected chi connectivity index (χ3v) is 7.65. The van der Waals surface area contributed by atoms with Gasteiger partial charge in [0.15, 0.2) is 0 Å². The van der Waals surface area contributed by atoms with E-state index in [2.05, 4.69) is 23.7 Å². The smallest absolute Gasteiger partial charge is 0.279 e. The topological polar surface area (TPSA) is 86.0 Å². The van der Waals surface area contributed by atoms with Crippen molar-refractivity contribution in [2.75, 3.05) is 0 Å². The Morgan fingerprint density at radius 2 is 2.12 bits per heavy atom. The van der Waals surface area contributed by atoms with E-state index in [1.807, 2.05) is 13.0 Å². The van der Waals surface area contributed by atoms with Crippen molar-refractivity contribution in [3.8, 4) is 0 Å². The average molecular weight is 399 g/mol. The fourth-order valence-electron chi connectivity index (χ4n) is 3.11. The summed E-state index contributed by atoms with van der Waals surface area (Å²) in [4.78, 5) is 13.5. The number of aromatic nitrogens is 3. The monoisotopic (exact) mass is 398 g/mol. The molecular weight excluding hydrogens is 372 g/mol. The molecule has 1 unspecified atom stereocenters. The molecule has 3 heterocycles. The molecule has 2 aromatic rings. The van der Waals surface area contributed by atoms with Crippen molar-refractivity contribution in [2.24, 2.45) is 5.92 Å². The van der Waals surface area contributed by atoms with Gasteiger partial charge in [-0.3, -0.25) is 4.57 Å². The van der Waals surface area contributed by atoms with Gasteiger partial charge >= 0.3 is 5.69 Å². The minimum atomic E-state index is -3.51. The first-order valence-electron chi connectivity index (χ1n) is 9.01. The zero-order valence-corrected chi connectivity index (χ0v) is 17.1. The zero-order chi connectivity index (χ0) is 18.9. The molecule has 0 aliphatic carbocycles. The van der Waals surface area contributed by atoms with Crippen molar-refractivity contribution >= 4 is 21.4 Å². The van der Waals surface area contributed by atoms with E-state index in [1.54, 1.807) is 15.3 Å². The Morgan fingerprint density at radius 3 is 2.77 bits per heavy atom. The molecule has 0 bridgehead atoms. The summed E-state index contributed by atoms with van der Waals surface area (Å²) in [5.74, 6) is 1.27. The van der Waals surface area contributed by atoms with Crippen molar-refractivity contribution in [1.82, 2.24) is 19.1 Å². The zero-order valence-electron chi connectivity index (χ0n) is 15.4. The van der Waals surface area contributed by atoms with Gasteiger partial charge in [-0.25, -0.2) is 22.6 Å². The number of thiophene rings is 1. The molecule has 1 atom stereocenters. The van der Waals surface area contributed by atoms with Gasteiger partial charge < -0.3 is 0 Å². The van der Waals surface area contributed by atoms with Crippen LogP contribution in [-0.2, 0) is 29.5 Å². The highest BCUT2D eigenvalue weighted by molar-refractivity contribution is 7.91. The van der Waals surface area contributed by atoms with Crippen LogP contribution >= 0.6 is 11.3 Å². The molecule has 3 rings (SSSR count). The first-order valence-corrected chi connectivity index (χ1v) is 11.3. The molecule has 2 aromatic heterocycles. The van der Waals surface area contributed by atoms with E-state index in [1.165, 1.54) is 11.3 Å². The van der Waals surface area contributed by atoms with Gasteiger partial charge in [0.05, 0.1) is 0 Å². The molecule has 26 heavy (non-hydrogen) atoms. The number of nitrogens with one attached hydrogen (secondary N) is 1. The summed E-state index contributed by atoms with van der Waals surface area (Å²) in [6.45, 7) is 7.26. The van der Waals surface area contributed by atoms with E-state index in [-0.39, 0.29) is 11.7 Å². The third kappa shape index (κ3) is 4.27. The van der Waals surface area contributed by atoms with Crippen LogP contribution in [0.2, 0.25) is 0 Å². The maximum atomic E-state index is 12.5. The Hall–Kier alpha value is -1.45. The lowest BCUT2D eigenvalue weighted by atomic mass is 10.1. The van der Waals surface area contributed by atoms with Crippen molar-refractivity contribution in [2.45, 2.75) is 69.8 Å². The second-order valence-corrected chi connectivity index (χ2v) is 10.5. The van der Waals surface area contributed by atoms with Gasteiger partial charge in [0.1, 0.15) is 10.0 Å². The van der Waals surface area contributed by atoms with Gasteiger partial charge in [-0.15, -0.1) is 11.3 Å². The quantitative estimate of drug-likeness (QED) is 0.808. The molecule has 7 nitrogen and oxygen atoms in total. The molecule has 0 saturated heterocycles. The summed E-state index contributed by atoms with van der Waals surface area (Å²) >= 11 is 1.27. The molecule has 0 amide bonds. The van der Waals surface area contributed by atoms with Gasteiger partial charge in [0.2, 0.25) is 10.0 Å². The number of aryl methyl sites for hydroxylation is 3. The number of hydrogen-bond donors (Lipinski definition) is 1. The highest BCUT2D eigenvalue weighted by Crippen LogP contribution is 2.22. The minimum Gasteiger partial charge on any atom is -0.279 e. The molecule has 144 valence electrons. The van der Waals surface area contributed by atoms with Crippen LogP contribution < -0.4 is 10.4 Å². The molecule has 1 aliphatic rings. The van der Waals surface area contributed by atoms with Crippen molar-refractivity contribution in [3.63, 3.8) is 0 Å². The number of fused-ring (bicyclic) bond motifs is 1. The standard InChI is InChI=1S/C17H26N4O3S2/c1-12(2)8-11-21-17(22)20-10-9-14(5-6-15(20)18-21)19-26(23,24)16-7-4-13(3)25-16/h4,7,12,14,19H,5-6,8-11H2,1-3H3. The van der Waals surface area contributed by atoms with Crippen molar-refractivity contribution in [3.05, 3.63) is 33.3 Å². The molecule has 0 saturated carbocycles. The van der Waals surface area contributed by atoms with E-state index < -0.39 is 10.0 Å². The summed E-state index contributed by atoms with van der Waals surface area (Å²) in [5, 5.41) is 4.47. The summed E-state index contributed by atoms with van der Waals surface area (Å²) in [5.41, 5.74) is -0.0851. The summed E-state index contributed by atoms with van der Waals surface area (Å²) < 4.78 is 31.4. The lowest BCUT2D eigenvalue weighted by Crippen LogP contribution is -2.35. The molecule has 0 aromatic carbocycles. The third-order valence-electron chi connectivity index (χ3n) is 4.64. The van der Waals surface area contributed by atoms with E-state index in [4.69, 9.17) is 0 Å². The molecule has 1 N–H and O–H groups in total. The number of sulfonamides is 1. The van der Waals surface area contributed by atoms with E-state index in [0.29, 0.717) is 42.5 Å². The average Bonchev–Trinajstić information content (AvgIpc) is 3.06. The molecule has 9 heteroatoms. The Kier molecular flexibility index (Phi) is 5.69. The molecule has 0 spiro atoms. The van der Waals surface area contributed by atoms with Crippen LogP contribution in [0.25, 0.3) is 0 Å². The Morgan fingerprint density at radius 1 is 1.35 bits per heavy atom. The first kappa shape index (κ1) is 19.3. The van der Waals surface area contributed by atoms with Crippen LogP contribution in [0.15, 0.2) is 21.1 Å². The van der Waals surface area contributed by atoms with Crippen molar-refractivity contribution in [1.29, 1.82) is 0 Å². The predicted molar refractivity (Wildman–Crippen MR) is 102 cm³/mol.